The van der Waals surface area contributed by atoms with Crippen molar-refractivity contribution in [3.8, 4) is 6.07 Å². The van der Waals surface area contributed by atoms with Crippen LogP contribution in [0.5, 0.6) is 0 Å². The van der Waals surface area contributed by atoms with Crippen molar-refractivity contribution in [1.29, 1.82) is 5.26 Å². The highest BCUT2D eigenvalue weighted by Crippen LogP contribution is 2.06. The minimum atomic E-state index is -0.548. The van der Waals surface area contributed by atoms with E-state index in [1.165, 1.54) is 0 Å². The highest BCUT2D eigenvalue weighted by Gasteiger charge is 2.12. The molecule has 3 N–H and O–H groups in total. The molecule has 4 heteroatoms. The van der Waals surface area contributed by atoms with Gasteiger partial charge in [-0.2, -0.15) is 5.26 Å². The molecule has 0 saturated carbocycles. The minimum absolute atomic E-state index is 0.205. The van der Waals surface area contributed by atoms with E-state index < -0.39 is 6.04 Å². The second kappa shape index (κ2) is 6.59. The molecule has 0 aliphatic heterocycles. The van der Waals surface area contributed by atoms with Crippen LogP contribution in [0.1, 0.15) is 19.3 Å². The van der Waals surface area contributed by atoms with Gasteiger partial charge in [-0.15, -0.1) is 0 Å². The van der Waals surface area contributed by atoms with Gasteiger partial charge in [0.1, 0.15) is 0 Å². The predicted octanol–water partition coefficient (Wildman–Crippen LogP) is 1.65. The number of nitrogens with two attached hydrogens (primary N) is 1. The first-order valence-electron chi connectivity index (χ1n) is 5.22. The number of nitrogens with zero attached hydrogens (tertiary/aromatic N) is 1. The standard InChI is InChI=1S/C12H15N3O/c13-9-5-4-8-11(14)12(16)15-10-6-2-1-3-7-10/h1-3,6-7,11H,4-5,8,14H2,(H,15,16)/t11-/m1/s1. The number of nitriles is 1. The summed E-state index contributed by atoms with van der Waals surface area (Å²) in [6.45, 7) is 0. The van der Waals surface area contributed by atoms with Crippen LogP contribution >= 0.6 is 0 Å². The predicted molar refractivity (Wildman–Crippen MR) is 62.5 cm³/mol. The number of hydrogen-bond donors (Lipinski definition) is 2. The number of carbonyl (C=O) groups is 1. The van der Waals surface area contributed by atoms with Crippen molar-refractivity contribution in [2.75, 3.05) is 5.32 Å². The number of unbranched alkanes of at least 4 members (excludes halogenated alkanes) is 1. The number of para-hydroxylation sites is 1. The number of hydrogen-bond acceptors (Lipinski definition) is 3. The van der Waals surface area contributed by atoms with E-state index in [1.54, 1.807) is 12.1 Å². The van der Waals surface area contributed by atoms with Crippen LogP contribution in [-0.4, -0.2) is 11.9 Å². The fraction of sp³-hybridized carbons (Fsp3) is 0.333. The number of amides is 1. The van der Waals surface area contributed by atoms with E-state index in [1.807, 2.05) is 24.3 Å². The normalized spacial score (nSPS) is 11.5. The number of anilines is 1. The number of benzene rings is 1. The first-order chi connectivity index (χ1) is 7.74. The summed E-state index contributed by atoms with van der Waals surface area (Å²) >= 11 is 0. The first-order valence-corrected chi connectivity index (χ1v) is 5.22. The molecule has 0 spiro atoms. The van der Waals surface area contributed by atoms with Gasteiger partial charge in [0.05, 0.1) is 12.1 Å². The highest BCUT2D eigenvalue weighted by atomic mass is 16.2. The molecule has 0 radical (unpaired) electrons. The first kappa shape index (κ1) is 12.2. The van der Waals surface area contributed by atoms with Crippen molar-refractivity contribution in [2.24, 2.45) is 5.73 Å². The van der Waals surface area contributed by atoms with Crippen molar-refractivity contribution < 1.29 is 4.79 Å². The van der Waals surface area contributed by atoms with Crippen molar-refractivity contribution >= 4 is 11.6 Å². The molecular formula is C12H15N3O. The van der Waals surface area contributed by atoms with E-state index in [4.69, 9.17) is 11.0 Å². The van der Waals surface area contributed by atoms with Crippen LogP contribution in [0.2, 0.25) is 0 Å². The van der Waals surface area contributed by atoms with Crippen LogP contribution in [0, 0.1) is 11.3 Å². The lowest BCUT2D eigenvalue weighted by molar-refractivity contribution is -0.117. The lowest BCUT2D eigenvalue weighted by Gasteiger charge is -2.11. The van der Waals surface area contributed by atoms with Gasteiger partial charge in [0, 0.05) is 12.1 Å². The summed E-state index contributed by atoms with van der Waals surface area (Å²) in [5, 5.41) is 11.1. The van der Waals surface area contributed by atoms with E-state index >= 15 is 0 Å². The van der Waals surface area contributed by atoms with Gasteiger partial charge in [-0.05, 0) is 25.0 Å². The minimum Gasteiger partial charge on any atom is -0.325 e. The largest absolute Gasteiger partial charge is 0.325 e. The maximum Gasteiger partial charge on any atom is 0.241 e. The van der Waals surface area contributed by atoms with Gasteiger partial charge in [-0.3, -0.25) is 4.79 Å². The van der Waals surface area contributed by atoms with E-state index in [0.29, 0.717) is 19.3 Å². The summed E-state index contributed by atoms with van der Waals surface area (Å²) in [6.07, 6.45) is 1.62. The SMILES string of the molecule is N#CCCC[C@@H](N)C(=O)Nc1ccccc1. The molecule has 4 nitrogen and oxygen atoms in total. The molecule has 1 amide bonds. The molecule has 0 aromatic heterocycles. The lowest BCUT2D eigenvalue weighted by Crippen LogP contribution is -2.35. The van der Waals surface area contributed by atoms with Crippen LogP contribution in [0.4, 0.5) is 5.69 Å². The molecule has 1 aromatic rings. The van der Waals surface area contributed by atoms with Gasteiger partial charge in [-0.1, -0.05) is 18.2 Å². The molecule has 0 aliphatic rings. The zero-order chi connectivity index (χ0) is 11.8. The average molecular weight is 217 g/mol. The molecule has 0 fully saturated rings. The lowest BCUT2D eigenvalue weighted by atomic mass is 10.1. The van der Waals surface area contributed by atoms with Crippen molar-refractivity contribution in [3.63, 3.8) is 0 Å². The smallest absolute Gasteiger partial charge is 0.241 e. The van der Waals surface area contributed by atoms with Crippen LogP contribution < -0.4 is 11.1 Å². The Bertz CT molecular complexity index is 370. The summed E-state index contributed by atoms with van der Waals surface area (Å²) in [7, 11) is 0. The third kappa shape index (κ3) is 4.11. The quantitative estimate of drug-likeness (QED) is 0.736. The van der Waals surface area contributed by atoms with Gasteiger partial charge in [-0.25, -0.2) is 0 Å². The third-order valence-corrected chi connectivity index (χ3v) is 2.18. The third-order valence-electron chi connectivity index (χ3n) is 2.18. The Balaban J connectivity index is 2.38. The maximum atomic E-state index is 11.6. The van der Waals surface area contributed by atoms with Crippen LogP contribution in [0.15, 0.2) is 30.3 Å². The zero-order valence-electron chi connectivity index (χ0n) is 9.02. The fourth-order valence-electron chi connectivity index (χ4n) is 1.29. The molecular weight excluding hydrogens is 202 g/mol. The second-order valence-corrected chi connectivity index (χ2v) is 3.51. The summed E-state index contributed by atoms with van der Waals surface area (Å²) in [6, 6.07) is 10.7. The van der Waals surface area contributed by atoms with Gasteiger partial charge in [0.25, 0.3) is 0 Å². The molecule has 0 aliphatic carbocycles. The van der Waals surface area contributed by atoms with E-state index in [9.17, 15) is 4.79 Å². The van der Waals surface area contributed by atoms with E-state index in [2.05, 4.69) is 5.32 Å². The van der Waals surface area contributed by atoms with Gasteiger partial charge < -0.3 is 11.1 Å². The van der Waals surface area contributed by atoms with Crippen molar-refractivity contribution in [1.82, 2.24) is 0 Å². The Morgan fingerprint density at radius 1 is 1.44 bits per heavy atom. The Morgan fingerprint density at radius 3 is 2.75 bits per heavy atom. The molecule has 16 heavy (non-hydrogen) atoms. The Kier molecular flexibility index (Phi) is 5.03. The van der Waals surface area contributed by atoms with Gasteiger partial charge in [0.2, 0.25) is 5.91 Å². The van der Waals surface area contributed by atoms with Crippen molar-refractivity contribution in [2.45, 2.75) is 25.3 Å². The summed E-state index contributed by atoms with van der Waals surface area (Å²) in [4.78, 5) is 11.6. The molecule has 0 saturated heterocycles. The Hall–Kier alpha value is -1.86. The Morgan fingerprint density at radius 2 is 2.12 bits per heavy atom. The molecule has 0 bridgehead atoms. The van der Waals surface area contributed by atoms with Crippen molar-refractivity contribution in [3.05, 3.63) is 30.3 Å². The zero-order valence-corrected chi connectivity index (χ0v) is 9.02. The number of rotatable bonds is 5. The molecule has 0 heterocycles. The monoisotopic (exact) mass is 217 g/mol. The summed E-state index contributed by atoms with van der Waals surface area (Å²) in [5.41, 5.74) is 6.42. The fourth-order valence-corrected chi connectivity index (χ4v) is 1.29. The van der Waals surface area contributed by atoms with Crippen LogP contribution in [-0.2, 0) is 4.79 Å². The van der Waals surface area contributed by atoms with E-state index in [-0.39, 0.29) is 5.91 Å². The van der Waals surface area contributed by atoms with Crippen LogP contribution in [0.25, 0.3) is 0 Å². The maximum absolute atomic E-state index is 11.6. The molecule has 1 aromatic carbocycles. The second-order valence-electron chi connectivity index (χ2n) is 3.51. The molecule has 84 valence electrons. The number of carbonyl (C=O) groups excluding carboxylic acids is 1. The van der Waals surface area contributed by atoms with Gasteiger partial charge in [0.15, 0.2) is 0 Å². The Labute approximate surface area is 95.1 Å². The molecule has 0 unspecified atom stereocenters. The van der Waals surface area contributed by atoms with E-state index in [0.717, 1.165) is 5.69 Å². The average Bonchev–Trinajstić information content (AvgIpc) is 2.30. The molecule has 1 atom stereocenters. The van der Waals surface area contributed by atoms with Crippen LogP contribution in [0.3, 0.4) is 0 Å². The topological polar surface area (TPSA) is 78.9 Å². The van der Waals surface area contributed by atoms with Gasteiger partial charge >= 0.3 is 0 Å². The summed E-state index contributed by atoms with van der Waals surface area (Å²) < 4.78 is 0. The molecule has 1 rings (SSSR count). The number of nitrogens with one attached hydrogen (secondary N) is 1. The summed E-state index contributed by atoms with van der Waals surface area (Å²) in [5.74, 6) is -0.205. The highest BCUT2D eigenvalue weighted by molar-refractivity contribution is 5.94.